The van der Waals surface area contributed by atoms with Gasteiger partial charge in [-0.05, 0) is 37.3 Å². The number of rotatable bonds is 5. The van der Waals surface area contributed by atoms with Crippen molar-refractivity contribution in [1.82, 2.24) is 0 Å². The van der Waals surface area contributed by atoms with E-state index in [2.05, 4.69) is 5.32 Å². The molecule has 6 heteroatoms. The first-order valence-electron chi connectivity index (χ1n) is 6.81. The summed E-state index contributed by atoms with van der Waals surface area (Å²) in [5.74, 6) is -1.28. The molecule has 23 heavy (non-hydrogen) atoms. The van der Waals surface area contributed by atoms with Crippen LogP contribution in [0.2, 0.25) is 0 Å². The smallest absolute Gasteiger partial charge is 0.336 e. The standard InChI is InChI=1S/C17H14N2O3S/c1-11(23-15-8-3-2-7-14(15)17(21)22)16(20)19-13-6-4-5-12(9-13)10-18/h2-9,11H,1H3,(H,19,20)(H,21,22)/t11-/m0/s1. The molecule has 0 fully saturated rings. The lowest BCUT2D eigenvalue weighted by Gasteiger charge is -2.13. The van der Waals surface area contributed by atoms with Gasteiger partial charge in [0.1, 0.15) is 0 Å². The molecule has 0 aliphatic heterocycles. The molecular formula is C17H14N2O3S. The van der Waals surface area contributed by atoms with E-state index in [1.807, 2.05) is 6.07 Å². The summed E-state index contributed by atoms with van der Waals surface area (Å²) >= 11 is 1.18. The molecule has 1 amide bonds. The molecule has 2 aromatic rings. The lowest BCUT2D eigenvalue weighted by Crippen LogP contribution is -2.22. The molecule has 0 bridgehead atoms. The van der Waals surface area contributed by atoms with Crippen molar-refractivity contribution in [2.24, 2.45) is 0 Å². The van der Waals surface area contributed by atoms with Gasteiger partial charge in [-0.2, -0.15) is 5.26 Å². The molecule has 2 aromatic carbocycles. The van der Waals surface area contributed by atoms with Gasteiger partial charge in [0.05, 0.1) is 22.4 Å². The van der Waals surface area contributed by atoms with E-state index in [9.17, 15) is 9.59 Å². The van der Waals surface area contributed by atoms with Crippen molar-refractivity contribution in [2.45, 2.75) is 17.1 Å². The second-order valence-electron chi connectivity index (χ2n) is 4.74. The Labute approximate surface area is 137 Å². The zero-order valence-corrected chi connectivity index (χ0v) is 13.1. The fourth-order valence-electron chi connectivity index (χ4n) is 1.90. The SMILES string of the molecule is C[C@H](Sc1ccccc1C(=O)O)C(=O)Nc1cccc(C#N)c1. The number of nitrogens with zero attached hydrogens (tertiary/aromatic N) is 1. The van der Waals surface area contributed by atoms with Crippen LogP contribution in [0.15, 0.2) is 53.4 Å². The van der Waals surface area contributed by atoms with Gasteiger partial charge in [0, 0.05) is 10.6 Å². The summed E-state index contributed by atoms with van der Waals surface area (Å²) in [7, 11) is 0. The third kappa shape index (κ3) is 4.34. The van der Waals surface area contributed by atoms with Crippen LogP contribution in [0.3, 0.4) is 0 Å². The van der Waals surface area contributed by atoms with Crippen molar-refractivity contribution in [1.29, 1.82) is 5.26 Å². The number of carboxylic acid groups (broad SMARTS) is 1. The van der Waals surface area contributed by atoms with E-state index in [1.54, 1.807) is 49.4 Å². The van der Waals surface area contributed by atoms with Crippen LogP contribution < -0.4 is 5.32 Å². The summed E-state index contributed by atoms with van der Waals surface area (Å²) in [6.45, 7) is 1.70. The van der Waals surface area contributed by atoms with Gasteiger partial charge in [-0.1, -0.05) is 18.2 Å². The molecule has 1 atom stereocenters. The quantitative estimate of drug-likeness (QED) is 0.822. The van der Waals surface area contributed by atoms with Crippen LogP contribution in [0.5, 0.6) is 0 Å². The third-order valence-corrected chi connectivity index (χ3v) is 4.23. The van der Waals surface area contributed by atoms with Gasteiger partial charge in [-0.3, -0.25) is 4.79 Å². The van der Waals surface area contributed by atoms with Crippen LogP contribution in [0.25, 0.3) is 0 Å². The maximum absolute atomic E-state index is 12.2. The highest BCUT2D eigenvalue weighted by molar-refractivity contribution is 8.00. The van der Waals surface area contributed by atoms with Crippen molar-refractivity contribution in [3.63, 3.8) is 0 Å². The minimum Gasteiger partial charge on any atom is -0.478 e. The zero-order valence-electron chi connectivity index (χ0n) is 12.3. The molecule has 0 saturated heterocycles. The van der Waals surface area contributed by atoms with Crippen molar-refractivity contribution in [3.05, 3.63) is 59.7 Å². The predicted molar refractivity (Wildman–Crippen MR) is 88.5 cm³/mol. The number of anilines is 1. The number of thioether (sulfide) groups is 1. The van der Waals surface area contributed by atoms with E-state index in [1.165, 1.54) is 17.8 Å². The summed E-state index contributed by atoms with van der Waals surface area (Å²) in [6, 6.07) is 15.2. The molecule has 0 aromatic heterocycles. The molecule has 116 valence electrons. The Morgan fingerprint density at radius 3 is 2.65 bits per heavy atom. The van der Waals surface area contributed by atoms with Gasteiger partial charge in [-0.25, -0.2) is 4.79 Å². The fourth-order valence-corrected chi connectivity index (χ4v) is 2.89. The Hall–Kier alpha value is -2.78. The van der Waals surface area contributed by atoms with Gasteiger partial charge >= 0.3 is 5.97 Å². The molecule has 5 nitrogen and oxygen atoms in total. The number of amides is 1. The summed E-state index contributed by atoms with van der Waals surface area (Å²) in [5, 5.41) is 20.3. The number of carboxylic acids is 1. The Kier molecular flexibility index (Phi) is 5.39. The molecule has 0 spiro atoms. The third-order valence-electron chi connectivity index (χ3n) is 3.05. The van der Waals surface area contributed by atoms with Gasteiger partial charge in [-0.15, -0.1) is 11.8 Å². The highest BCUT2D eigenvalue weighted by Crippen LogP contribution is 2.27. The number of carbonyl (C=O) groups excluding carboxylic acids is 1. The average Bonchev–Trinajstić information content (AvgIpc) is 2.55. The normalized spacial score (nSPS) is 11.3. The number of nitriles is 1. The Morgan fingerprint density at radius 2 is 1.96 bits per heavy atom. The van der Waals surface area contributed by atoms with Gasteiger partial charge < -0.3 is 10.4 Å². The largest absolute Gasteiger partial charge is 0.478 e. The molecule has 0 heterocycles. The van der Waals surface area contributed by atoms with Crippen LogP contribution in [0, 0.1) is 11.3 Å². The number of hydrogen-bond donors (Lipinski definition) is 2. The van der Waals surface area contributed by atoms with E-state index < -0.39 is 11.2 Å². The molecule has 0 saturated carbocycles. The molecule has 2 N–H and O–H groups in total. The van der Waals surface area contributed by atoms with Crippen LogP contribution >= 0.6 is 11.8 Å². The zero-order chi connectivity index (χ0) is 16.8. The first-order valence-corrected chi connectivity index (χ1v) is 7.69. The number of benzene rings is 2. The van der Waals surface area contributed by atoms with Gasteiger partial charge in [0.25, 0.3) is 0 Å². The van der Waals surface area contributed by atoms with Crippen molar-refractivity contribution in [2.75, 3.05) is 5.32 Å². The van der Waals surface area contributed by atoms with E-state index in [-0.39, 0.29) is 11.5 Å². The lowest BCUT2D eigenvalue weighted by atomic mass is 10.2. The minimum absolute atomic E-state index is 0.170. The second-order valence-corrected chi connectivity index (χ2v) is 6.13. The monoisotopic (exact) mass is 326 g/mol. The summed E-state index contributed by atoms with van der Waals surface area (Å²) in [6.07, 6.45) is 0. The van der Waals surface area contributed by atoms with Gasteiger partial charge in [0.15, 0.2) is 0 Å². The molecule has 2 rings (SSSR count). The van der Waals surface area contributed by atoms with Crippen LogP contribution in [-0.4, -0.2) is 22.2 Å². The predicted octanol–water partition coefficient (Wildman–Crippen LogP) is 3.38. The number of aromatic carboxylic acids is 1. The molecular weight excluding hydrogens is 312 g/mol. The summed E-state index contributed by atoms with van der Waals surface area (Å²) in [5.41, 5.74) is 1.16. The highest BCUT2D eigenvalue weighted by atomic mass is 32.2. The summed E-state index contributed by atoms with van der Waals surface area (Å²) in [4.78, 5) is 24.0. The number of nitrogens with one attached hydrogen (secondary N) is 1. The van der Waals surface area contributed by atoms with Crippen LogP contribution in [-0.2, 0) is 4.79 Å². The Morgan fingerprint density at radius 1 is 1.22 bits per heavy atom. The first-order chi connectivity index (χ1) is 11.0. The number of hydrogen-bond acceptors (Lipinski definition) is 4. The van der Waals surface area contributed by atoms with Crippen LogP contribution in [0.1, 0.15) is 22.8 Å². The van der Waals surface area contributed by atoms with Crippen molar-refractivity contribution >= 4 is 29.3 Å². The minimum atomic E-state index is -1.03. The van der Waals surface area contributed by atoms with E-state index in [0.717, 1.165) is 0 Å². The second kappa shape index (κ2) is 7.47. The van der Waals surface area contributed by atoms with Crippen molar-refractivity contribution in [3.8, 4) is 6.07 Å². The topological polar surface area (TPSA) is 90.2 Å². The molecule has 0 aliphatic rings. The van der Waals surface area contributed by atoms with Crippen molar-refractivity contribution < 1.29 is 14.7 Å². The van der Waals surface area contributed by atoms with E-state index in [0.29, 0.717) is 16.1 Å². The maximum Gasteiger partial charge on any atom is 0.336 e. The van der Waals surface area contributed by atoms with E-state index >= 15 is 0 Å². The molecule has 0 aliphatic carbocycles. The van der Waals surface area contributed by atoms with Crippen LogP contribution in [0.4, 0.5) is 5.69 Å². The first kappa shape index (κ1) is 16.6. The molecule has 0 unspecified atom stereocenters. The average molecular weight is 326 g/mol. The van der Waals surface area contributed by atoms with Gasteiger partial charge in [0.2, 0.25) is 5.91 Å². The number of carbonyl (C=O) groups is 2. The lowest BCUT2D eigenvalue weighted by molar-refractivity contribution is -0.115. The van der Waals surface area contributed by atoms with E-state index in [4.69, 9.17) is 10.4 Å². The maximum atomic E-state index is 12.2. The molecule has 0 radical (unpaired) electrons. The Balaban J connectivity index is 2.09. The summed E-state index contributed by atoms with van der Waals surface area (Å²) < 4.78 is 0. The Bertz CT molecular complexity index is 783. The fraction of sp³-hybridized carbons (Fsp3) is 0.118. The highest BCUT2D eigenvalue weighted by Gasteiger charge is 2.18.